The summed E-state index contributed by atoms with van der Waals surface area (Å²) in [6, 6.07) is 6.48. The number of hydrogen-bond acceptors (Lipinski definition) is 0. The van der Waals surface area contributed by atoms with Gasteiger partial charge in [0.25, 0.3) is 0 Å². The first-order valence-corrected chi connectivity index (χ1v) is 5.76. The predicted octanol–water partition coefficient (Wildman–Crippen LogP) is 5.98. The average Bonchev–Trinajstić information content (AvgIpc) is 2.74. The van der Waals surface area contributed by atoms with E-state index in [-0.39, 0.29) is 14.9 Å². The van der Waals surface area contributed by atoms with Crippen LogP contribution < -0.4 is 0 Å². The highest BCUT2D eigenvalue weighted by Gasteiger charge is 2.16. The van der Waals surface area contributed by atoms with E-state index in [2.05, 4.69) is 37.8 Å². The van der Waals surface area contributed by atoms with E-state index in [1.165, 1.54) is 35.1 Å². The number of fused-ring (bicyclic) bond motifs is 1. The second-order valence-corrected chi connectivity index (χ2v) is 3.40. The normalized spacial score (nSPS) is 13.7. The van der Waals surface area contributed by atoms with Gasteiger partial charge < -0.3 is 0 Å². The summed E-state index contributed by atoms with van der Waals surface area (Å²) >= 11 is 0. The lowest BCUT2D eigenvalue weighted by atomic mass is 10.0. The van der Waals surface area contributed by atoms with Gasteiger partial charge in [0.1, 0.15) is 0 Å². The molecule has 0 heteroatoms. The lowest BCUT2D eigenvalue weighted by molar-refractivity contribution is 1.08. The molecule has 0 saturated heterocycles. The molecule has 1 aromatic carbocycles. The molecule has 1 aromatic rings. The Bertz CT molecular complexity index is 370. The van der Waals surface area contributed by atoms with E-state index in [1.54, 1.807) is 0 Å². The summed E-state index contributed by atoms with van der Waals surface area (Å²) in [5.41, 5.74) is 5.67. The van der Waals surface area contributed by atoms with Crippen molar-refractivity contribution in [3.63, 3.8) is 0 Å². The Kier molecular flexibility index (Phi) is 9.36. The molecule has 96 valence electrons. The molecule has 0 fully saturated rings. The average molecular weight is 232 g/mol. The van der Waals surface area contributed by atoms with Crippen molar-refractivity contribution in [2.24, 2.45) is 0 Å². The molecule has 0 amide bonds. The number of allylic oxidation sites excluding steroid dienone is 2. The quantitative estimate of drug-likeness (QED) is 0.559. The fourth-order valence-corrected chi connectivity index (χ4v) is 2.07. The highest BCUT2D eigenvalue weighted by Crippen LogP contribution is 2.34. The lowest BCUT2D eigenvalue weighted by Crippen LogP contribution is -1.85. The van der Waals surface area contributed by atoms with Crippen molar-refractivity contribution in [3.05, 3.63) is 47.5 Å². The van der Waals surface area contributed by atoms with Gasteiger partial charge >= 0.3 is 0 Å². The maximum absolute atomic E-state index is 3.85. The Morgan fingerprint density at radius 1 is 1.12 bits per heavy atom. The van der Waals surface area contributed by atoms with Crippen LogP contribution in [0.4, 0.5) is 0 Å². The van der Waals surface area contributed by atoms with Crippen LogP contribution in [0.15, 0.2) is 30.9 Å². The Labute approximate surface area is 108 Å². The minimum atomic E-state index is 0. The summed E-state index contributed by atoms with van der Waals surface area (Å²) in [6.07, 6.45) is 6.56. The topological polar surface area (TPSA) is 0 Å². The molecule has 0 radical (unpaired) electrons. The molecule has 0 atom stereocenters. The van der Waals surface area contributed by atoms with Crippen LogP contribution in [0.2, 0.25) is 0 Å². The second-order valence-electron chi connectivity index (χ2n) is 3.40. The van der Waals surface area contributed by atoms with E-state index in [4.69, 9.17) is 0 Å². The second kappa shape index (κ2) is 8.81. The standard InChI is InChI=1S/C13H14.C2H6.2CH4/c1-3-10-6-5-7-12-9-8-11(4-2)13(10)12;1-2;;/h3-7H,1,8-9H2,2H3;1-2H3;2*1H4/b11-4-;;;. The van der Waals surface area contributed by atoms with Crippen LogP contribution in [0, 0.1) is 0 Å². The number of hydrogen-bond donors (Lipinski definition) is 0. The van der Waals surface area contributed by atoms with Crippen molar-refractivity contribution < 1.29 is 0 Å². The van der Waals surface area contributed by atoms with Crippen molar-refractivity contribution >= 4 is 11.6 Å². The van der Waals surface area contributed by atoms with Gasteiger partial charge in [-0.2, -0.15) is 0 Å². The summed E-state index contributed by atoms with van der Waals surface area (Å²) in [5.74, 6) is 0. The molecule has 0 N–H and O–H groups in total. The van der Waals surface area contributed by atoms with Crippen LogP contribution in [0.25, 0.3) is 11.6 Å². The fourth-order valence-electron chi connectivity index (χ4n) is 2.07. The van der Waals surface area contributed by atoms with Gasteiger partial charge in [0.05, 0.1) is 0 Å². The first kappa shape index (κ1) is 18.1. The maximum Gasteiger partial charge on any atom is -0.0123 e. The fraction of sp³-hybridized carbons (Fsp3) is 0.412. The molecular formula is C17H28. The van der Waals surface area contributed by atoms with E-state index in [0.717, 1.165) is 0 Å². The highest BCUT2D eigenvalue weighted by molar-refractivity contribution is 5.79. The Morgan fingerprint density at radius 2 is 1.76 bits per heavy atom. The van der Waals surface area contributed by atoms with E-state index < -0.39 is 0 Å². The van der Waals surface area contributed by atoms with Crippen molar-refractivity contribution in [1.82, 2.24) is 0 Å². The van der Waals surface area contributed by atoms with E-state index in [1.807, 2.05) is 19.9 Å². The van der Waals surface area contributed by atoms with Gasteiger partial charge in [-0.05, 0) is 42.0 Å². The lowest BCUT2D eigenvalue weighted by Gasteiger charge is -2.04. The van der Waals surface area contributed by atoms with Crippen LogP contribution in [-0.2, 0) is 6.42 Å². The van der Waals surface area contributed by atoms with Gasteiger partial charge in [-0.15, -0.1) is 0 Å². The SMILES string of the molecule is C.C.C=Cc1cccc2c1/C(=C\C)CC2.CC. The molecule has 0 unspecified atom stereocenters. The highest BCUT2D eigenvalue weighted by atomic mass is 14.2. The zero-order valence-corrected chi connectivity index (χ0v) is 10.0. The minimum absolute atomic E-state index is 0. The molecule has 0 nitrogen and oxygen atoms in total. The molecule has 0 aromatic heterocycles. The first-order chi connectivity index (χ1) is 7.36. The third-order valence-corrected chi connectivity index (χ3v) is 2.74. The van der Waals surface area contributed by atoms with Gasteiger partial charge in [-0.3, -0.25) is 0 Å². The van der Waals surface area contributed by atoms with Gasteiger partial charge in [0, 0.05) is 0 Å². The van der Waals surface area contributed by atoms with E-state index >= 15 is 0 Å². The molecule has 2 rings (SSSR count). The Hall–Kier alpha value is -1.30. The molecule has 0 bridgehead atoms. The number of benzene rings is 1. The van der Waals surface area contributed by atoms with Crippen LogP contribution in [0.5, 0.6) is 0 Å². The minimum Gasteiger partial charge on any atom is -0.0984 e. The van der Waals surface area contributed by atoms with E-state index in [9.17, 15) is 0 Å². The van der Waals surface area contributed by atoms with Crippen LogP contribution >= 0.6 is 0 Å². The Morgan fingerprint density at radius 3 is 2.29 bits per heavy atom. The summed E-state index contributed by atoms with van der Waals surface area (Å²) in [7, 11) is 0. The van der Waals surface area contributed by atoms with E-state index in [0.29, 0.717) is 0 Å². The monoisotopic (exact) mass is 232 g/mol. The molecule has 1 aliphatic carbocycles. The summed E-state index contributed by atoms with van der Waals surface area (Å²) in [4.78, 5) is 0. The maximum atomic E-state index is 3.85. The van der Waals surface area contributed by atoms with Gasteiger partial charge in [0.2, 0.25) is 0 Å². The molecule has 0 aliphatic heterocycles. The molecule has 17 heavy (non-hydrogen) atoms. The third kappa shape index (κ3) is 3.59. The largest absolute Gasteiger partial charge is 0.0984 e. The van der Waals surface area contributed by atoms with Crippen LogP contribution in [0.1, 0.15) is 58.7 Å². The molecule has 0 saturated carbocycles. The molecule has 0 spiro atoms. The van der Waals surface area contributed by atoms with Crippen molar-refractivity contribution in [2.45, 2.75) is 48.5 Å². The van der Waals surface area contributed by atoms with Crippen molar-refractivity contribution in [3.8, 4) is 0 Å². The number of rotatable bonds is 1. The predicted molar refractivity (Wildman–Crippen MR) is 83.3 cm³/mol. The van der Waals surface area contributed by atoms with Crippen LogP contribution in [0.3, 0.4) is 0 Å². The zero-order chi connectivity index (χ0) is 11.3. The summed E-state index contributed by atoms with van der Waals surface area (Å²) in [6.45, 7) is 9.97. The first-order valence-electron chi connectivity index (χ1n) is 5.76. The molecular weight excluding hydrogens is 204 g/mol. The van der Waals surface area contributed by atoms with Crippen molar-refractivity contribution in [1.29, 1.82) is 0 Å². The smallest absolute Gasteiger partial charge is 0.0123 e. The van der Waals surface area contributed by atoms with Gasteiger partial charge in [0.15, 0.2) is 0 Å². The van der Waals surface area contributed by atoms with Crippen LogP contribution in [-0.4, -0.2) is 0 Å². The summed E-state index contributed by atoms with van der Waals surface area (Å²) in [5, 5.41) is 0. The van der Waals surface area contributed by atoms with Crippen molar-refractivity contribution in [2.75, 3.05) is 0 Å². The Balaban J connectivity index is 0. The van der Waals surface area contributed by atoms with Gasteiger partial charge in [-0.1, -0.05) is 65.6 Å². The molecule has 0 heterocycles. The van der Waals surface area contributed by atoms with Gasteiger partial charge in [-0.25, -0.2) is 0 Å². The summed E-state index contributed by atoms with van der Waals surface area (Å²) < 4.78 is 0. The number of aryl methyl sites for hydroxylation is 1. The molecule has 1 aliphatic rings. The zero-order valence-electron chi connectivity index (χ0n) is 10.0. The third-order valence-electron chi connectivity index (χ3n) is 2.74.